The van der Waals surface area contributed by atoms with Gasteiger partial charge in [-0.15, -0.1) is 12.4 Å². The van der Waals surface area contributed by atoms with Gasteiger partial charge in [-0.25, -0.2) is 0 Å². The second-order valence-electron chi connectivity index (χ2n) is 5.90. The summed E-state index contributed by atoms with van der Waals surface area (Å²) < 4.78 is 5.86. The molecule has 1 aromatic heterocycles. The maximum Gasteiger partial charge on any atom is 0.291 e. The van der Waals surface area contributed by atoms with Gasteiger partial charge in [0.15, 0.2) is 5.76 Å². The summed E-state index contributed by atoms with van der Waals surface area (Å²) in [6.45, 7) is 7.56. The highest BCUT2D eigenvalue weighted by Gasteiger charge is 2.19. The van der Waals surface area contributed by atoms with Crippen LogP contribution >= 0.6 is 12.4 Å². The molecule has 1 amide bonds. The van der Waals surface area contributed by atoms with E-state index in [2.05, 4.69) is 17.6 Å². The molecule has 25 heavy (non-hydrogen) atoms. The van der Waals surface area contributed by atoms with Gasteiger partial charge >= 0.3 is 0 Å². The molecule has 5 heteroatoms. The highest BCUT2D eigenvalue weighted by molar-refractivity contribution is 6.07. The maximum atomic E-state index is 12.7. The van der Waals surface area contributed by atoms with Crippen LogP contribution in [0, 0.1) is 13.8 Å². The minimum atomic E-state index is -0.216. The number of aryl methyl sites for hydroxylation is 2. The van der Waals surface area contributed by atoms with Crippen molar-refractivity contribution < 1.29 is 9.21 Å². The summed E-state index contributed by atoms with van der Waals surface area (Å²) in [4.78, 5) is 12.7. The largest absolute Gasteiger partial charge is 0.450 e. The van der Waals surface area contributed by atoms with Crippen molar-refractivity contribution in [1.82, 2.24) is 5.32 Å². The molecule has 0 aliphatic carbocycles. The molecule has 4 nitrogen and oxygen atoms in total. The van der Waals surface area contributed by atoms with Crippen molar-refractivity contribution in [2.24, 2.45) is 0 Å². The number of hydrogen-bond donors (Lipinski definition) is 2. The second kappa shape index (κ2) is 8.19. The number of carbonyl (C=O) groups excluding carboxylic acids is 1. The first-order valence-electron chi connectivity index (χ1n) is 8.20. The molecule has 2 aromatic carbocycles. The van der Waals surface area contributed by atoms with Crippen molar-refractivity contribution in [3.8, 4) is 0 Å². The van der Waals surface area contributed by atoms with Gasteiger partial charge in [0, 0.05) is 23.2 Å². The first-order valence-corrected chi connectivity index (χ1v) is 8.20. The number of furan rings is 1. The molecule has 1 heterocycles. The Hall–Kier alpha value is -2.30. The summed E-state index contributed by atoms with van der Waals surface area (Å²) in [5, 5.41) is 7.25. The summed E-state index contributed by atoms with van der Waals surface area (Å²) in [5.74, 6) is 0.157. The van der Waals surface area contributed by atoms with Gasteiger partial charge in [0.1, 0.15) is 5.58 Å². The highest BCUT2D eigenvalue weighted by Crippen LogP contribution is 2.28. The summed E-state index contributed by atoms with van der Waals surface area (Å²) in [6.07, 6.45) is 0. The Morgan fingerprint density at radius 1 is 1.08 bits per heavy atom. The smallest absolute Gasteiger partial charge is 0.291 e. The van der Waals surface area contributed by atoms with E-state index >= 15 is 0 Å². The molecule has 2 N–H and O–H groups in total. The van der Waals surface area contributed by atoms with Crippen LogP contribution in [0.25, 0.3) is 11.0 Å². The Morgan fingerprint density at radius 2 is 1.84 bits per heavy atom. The van der Waals surface area contributed by atoms with Crippen LogP contribution in [0.15, 0.2) is 46.9 Å². The van der Waals surface area contributed by atoms with E-state index in [1.165, 1.54) is 0 Å². The lowest BCUT2D eigenvalue weighted by Crippen LogP contribution is -2.17. The monoisotopic (exact) mass is 358 g/mol. The lowest BCUT2D eigenvalue weighted by molar-refractivity contribution is 0.0998. The van der Waals surface area contributed by atoms with E-state index in [0.717, 1.165) is 39.9 Å². The number of fused-ring (bicyclic) bond motifs is 1. The highest BCUT2D eigenvalue weighted by atomic mass is 35.5. The van der Waals surface area contributed by atoms with Crippen LogP contribution in [0.3, 0.4) is 0 Å². The van der Waals surface area contributed by atoms with Gasteiger partial charge in [-0.3, -0.25) is 4.79 Å². The Labute approximate surface area is 154 Å². The zero-order valence-electron chi connectivity index (χ0n) is 14.7. The summed E-state index contributed by atoms with van der Waals surface area (Å²) in [7, 11) is 0. The molecule has 0 unspecified atom stereocenters. The van der Waals surface area contributed by atoms with E-state index in [1.54, 1.807) is 0 Å². The number of anilines is 1. The minimum Gasteiger partial charge on any atom is -0.450 e. The first kappa shape index (κ1) is 19.0. The van der Waals surface area contributed by atoms with Crippen LogP contribution in [0.2, 0.25) is 0 Å². The van der Waals surface area contributed by atoms with Crippen LogP contribution in [0.5, 0.6) is 0 Å². The number of nitrogens with one attached hydrogen (secondary N) is 2. The lowest BCUT2D eigenvalue weighted by atomic mass is 10.1. The Morgan fingerprint density at radius 3 is 2.56 bits per heavy atom. The van der Waals surface area contributed by atoms with E-state index in [0.29, 0.717) is 12.3 Å². The van der Waals surface area contributed by atoms with Crippen molar-refractivity contribution in [2.75, 3.05) is 11.9 Å². The fraction of sp³-hybridized carbons (Fsp3) is 0.250. The first-order chi connectivity index (χ1) is 11.6. The fourth-order valence-corrected chi connectivity index (χ4v) is 2.84. The predicted molar refractivity (Wildman–Crippen MR) is 105 cm³/mol. The van der Waals surface area contributed by atoms with E-state index in [1.807, 2.05) is 56.3 Å². The summed E-state index contributed by atoms with van der Waals surface area (Å²) >= 11 is 0. The van der Waals surface area contributed by atoms with E-state index in [4.69, 9.17) is 4.42 Å². The van der Waals surface area contributed by atoms with Crippen LogP contribution in [0.1, 0.15) is 34.2 Å². The molecular formula is C20H23ClN2O2. The molecule has 0 atom stereocenters. The Bertz CT molecular complexity index is 887. The maximum absolute atomic E-state index is 12.7. The molecule has 0 aliphatic rings. The third-order valence-electron chi connectivity index (χ3n) is 4.20. The van der Waals surface area contributed by atoms with E-state index in [-0.39, 0.29) is 18.3 Å². The molecule has 3 rings (SSSR count). The van der Waals surface area contributed by atoms with Gasteiger partial charge in [-0.1, -0.05) is 43.3 Å². The fourth-order valence-electron chi connectivity index (χ4n) is 2.84. The lowest BCUT2D eigenvalue weighted by Gasteiger charge is -2.10. The zero-order chi connectivity index (χ0) is 17.1. The minimum absolute atomic E-state index is 0. The summed E-state index contributed by atoms with van der Waals surface area (Å²) in [5.41, 5.74) is 4.54. The van der Waals surface area contributed by atoms with Crippen molar-refractivity contribution in [3.63, 3.8) is 0 Å². The van der Waals surface area contributed by atoms with Gasteiger partial charge in [0.05, 0.1) is 0 Å². The average Bonchev–Trinajstić information content (AvgIpc) is 2.93. The Balaban J connectivity index is 0.00000225. The number of rotatable bonds is 5. The van der Waals surface area contributed by atoms with Gasteiger partial charge in [-0.05, 0) is 37.6 Å². The van der Waals surface area contributed by atoms with Gasteiger partial charge in [0.2, 0.25) is 0 Å². The van der Waals surface area contributed by atoms with Gasteiger partial charge in [0.25, 0.3) is 5.91 Å². The SMILES string of the molecule is CCNCc1ccccc1NC(=O)c1oc2c(C)cccc2c1C.Cl. The van der Waals surface area contributed by atoms with E-state index < -0.39 is 0 Å². The molecule has 0 saturated carbocycles. The van der Waals surface area contributed by atoms with Crippen LogP contribution in [0.4, 0.5) is 5.69 Å². The van der Waals surface area contributed by atoms with Gasteiger partial charge < -0.3 is 15.1 Å². The molecule has 0 bridgehead atoms. The number of benzene rings is 2. The number of carbonyl (C=O) groups is 1. The second-order valence-corrected chi connectivity index (χ2v) is 5.90. The van der Waals surface area contributed by atoms with Crippen LogP contribution in [-0.2, 0) is 6.54 Å². The quantitative estimate of drug-likeness (QED) is 0.686. The molecule has 3 aromatic rings. The third kappa shape index (κ3) is 3.86. The number of hydrogen-bond acceptors (Lipinski definition) is 3. The van der Waals surface area contributed by atoms with Crippen molar-refractivity contribution in [3.05, 3.63) is 64.9 Å². The molecular weight excluding hydrogens is 336 g/mol. The standard InChI is InChI=1S/C20H22N2O2.ClH/c1-4-21-12-15-9-5-6-11-17(15)22-20(23)19-14(3)16-10-7-8-13(2)18(16)24-19;/h5-11,21H,4,12H2,1-3H3,(H,22,23);1H. The zero-order valence-corrected chi connectivity index (χ0v) is 15.5. The number of amides is 1. The number of halogens is 1. The number of para-hydroxylation sites is 2. The van der Waals surface area contributed by atoms with Crippen LogP contribution in [-0.4, -0.2) is 12.5 Å². The van der Waals surface area contributed by atoms with E-state index in [9.17, 15) is 4.79 Å². The topological polar surface area (TPSA) is 54.3 Å². The van der Waals surface area contributed by atoms with Gasteiger partial charge in [-0.2, -0.15) is 0 Å². The van der Waals surface area contributed by atoms with Crippen molar-refractivity contribution in [1.29, 1.82) is 0 Å². The summed E-state index contributed by atoms with van der Waals surface area (Å²) in [6, 6.07) is 13.8. The molecule has 132 valence electrons. The average molecular weight is 359 g/mol. The van der Waals surface area contributed by atoms with Crippen LogP contribution < -0.4 is 10.6 Å². The molecule has 0 fully saturated rings. The van der Waals surface area contributed by atoms with Crippen molar-refractivity contribution in [2.45, 2.75) is 27.3 Å². The Kier molecular flexibility index (Phi) is 6.23. The van der Waals surface area contributed by atoms with Crippen molar-refractivity contribution >= 4 is 35.0 Å². The predicted octanol–water partition coefficient (Wildman–Crippen LogP) is 4.83. The molecule has 0 radical (unpaired) electrons. The molecule has 0 saturated heterocycles. The third-order valence-corrected chi connectivity index (χ3v) is 4.20. The normalized spacial score (nSPS) is 10.5. The molecule has 0 spiro atoms. The molecule has 0 aliphatic heterocycles.